The third-order valence-corrected chi connectivity index (χ3v) is 8.78. The molecule has 2 aromatic heterocycles. The fraction of sp³-hybridized carbons (Fsp3) is 0.576. The van der Waals surface area contributed by atoms with Gasteiger partial charge in [0.05, 0.1) is 5.52 Å². The molecule has 2 atom stereocenters. The van der Waals surface area contributed by atoms with E-state index in [2.05, 4.69) is 29.0 Å². The van der Waals surface area contributed by atoms with E-state index in [0.717, 1.165) is 59.3 Å². The first-order valence-corrected chi connectivity index (χ1v) is 15.5. The summed E-state index contributed by atoms with van der Waals surface area (Å²) in [7, 11) is 1.80. The third kappa shape index (κ3) is 5.78. The standard InChI is InChI=1S/C31H39F2N5O2.C2H6/c1-18-12-24-27(36(4)31(18)39)15-25(21-7-10-40-11-8-21)35-30(24)38-9-5-6-22-13-28(23(29(32)33)14-26(22)38)37-16-19(2)34-20(3)17-37;1-2/h12-15,19-21,29,34H,5-11,16-17H2,1-4H3;1-2H3. The molecule has 0 aliphatic carbocycles. The lowest BCUT2D eigenvalue weighted by molar-refractivity contribution is 0.0845. The second kappa shape index (κ2) is 12.7. The summed E-state index contributed by atoms with van der Waals surface area (Å²) >= 11 is 0. The minimum Gasteiger partial charge on any atom is -0.381 e. The van der Waals surface area contributed by atoms with Gasteiger partial charge in [0.2, 0.25) is 0 Å². The number of piperazine rings is 1. The highest BCUT2D eigenvalue weighted by molar-refractivity contribution is 5.93. The van der Waals surface area contributed by atoms with Gasteiger partial charge in [-0.3, -0.25) is 4.79 Å². The van der Waals surface area contributed by atoms with Crippen LogP contribution in [-0.4, -0.2) is 54.5 Å². The van der Waals surface area contributed by atoms with Gasteiger partial charge in [0, 0.05) is 91.5 Å². The van der Waals surface area contributed by atoms with Crippen LogP contribution in [0.25, 0.3) is 10.9 Å². The molecule has 3 aromatic rings. The number of benzene rings is 1. The number of aryl methyl sites for hydroxylation is 3. The number of aromatic nitrogens is 2. The van der Waals surface area contributed by atoms with Gasteiger partial charge in [-0.25, -0.2) is 13.8 Å². The predicted octanol–water partition coefficient (Wildman–Crippen LogP) is 6.37. The average molecular weight is 582 g/mol. The SMILES string of the molecule is CC.Cc1cc2c(N3CCCc4cc(N5CC(C)NC(C)C5)c(C(F)F)cc43)nc(C3CCOCC3)cc2n(C)c1=O. The topological polar surface area (TPSA) is 62.6 Å². The van der Waals surface area contributed by atoms with Gasteiger partial charge in [-0.15, -0.1) is 0 Å². The second-order valence-corrected chi connectivity index (χ2v) is 11.9. The average Bonchev–Trinajstić information content (AvgIpc) is 2.99. The Morgan fingerprint density at radius 2 is 1.71 bits per heavy atom. The zero-order valence-electron chi connectivity index (χ0n) is 25.8. The smallest absolute Gasteiger partial charge is 0.265 e. The molecule has 3 aliphatic heterocycles. The van der Waals surface area contributed by atoms with E-state index in [4.69, 9.17) is 9.72 Å². The molecule has 0 radical (unpaired) electrons. The Bertz CT molecular complexity index is 1470. The van der Waals surface area contributed by atoms with Crippen molar-refractivity contribution in [2.24, 2.45) is 7.05 Å². The van der Waals surface area contributed by atoms with Crippen molar-refractivity contribution in [2.75, 3.05) is 42.6 Å². The highest BCUT2D eigenvalue weighted by Crippen LogP contribution is 2.43. The van der Waals surface area contributed by atoms with Gasteiger partial charge in [-0.2, -0.15) is 0 Å². The van der Waals surface area contributed by atoms with E-state index < -0.39 is 6.43 Å². The van der Waals surface area contributed by atoms with E-state index >= 15 is 0 Å². The fourth-order valence-corrected chi connectivity index (χ4v) is 6.85. The van der Waals surface area contributed by atoms with E-state index in [1.54, 1.807) is 17.7 Å². The molecule has 228 valence electrons. The molecule has 6 rings (SSSR count). The zero-order valence-corrected chi connectivity index (χ0v) is 25.8. The summed E-state index contributed by atoms with van der Waals surface area (Å²) in [6.45, 7) is 13.4. The van der Waals surface area contributed by atoms with Gasteiger partial charge < -0.3 is 24.4 Å². The predicted molar refractivity (Wildman–Crippen MR) is 167 cm³/mol. The van der Waals surface area contributed by atoms with Gasteiger partial charge in [0.15, 0.2) is 0 Å². The molecule has 9 heteroatoms. The molecule has 5 heterocycles. The first kappa shape index (κ1) is 30.4. The lowest BCUT2D eigenvalue weighted by Crippen LogP contribution is -2.54. The number of alkyl halides is 2. The largest absolute Gasteiger partial charge is 0.381 e. The fourth-order valence-electron chi connectivity index (χ4n) is 6.85. The monoisotopic (exact) mass is 581 g/mol. The molecule has 7 nitrogen and oxygen atoms in total. The Morgan fingerprint density at radius 3 is 2.38 bits per heavy atom. The van der Waals surface area contributed by atoms with Crippen LogP contribution in [0.4, 0.5) is 26.0 Å². The third-order valence-electron chi connectivity index (χ3n) is 8.78. The zero-order chi connectivity index (χ0) is 30.1. The normalized spacial score (nSPS) is 21.4. The lowest BCUT2D eigenvalue weighted by atomic mass is 9.94. The minimum absolute atomic E-state index is 0.0364. The van der Waals surface area contributed by atoms with E-state index in [9.17, 15) is 13.6 Å². The molecule has 2 fully saturated rings. The van der Waals surface area contributed by atoms with Crippen molar-refractivity contribution in [3.05, 3.63) is 57.0 Å². The molecule has 0 amide bonds. The number of ether oxygens (including phenoxy) is 1. The van der Waals surface area contributed by atoms with Crippen LogP contribution in [-0.2, 0) is 18.2 Å². The van der Waals surface area contributed by atoms with Gasteiger partial charge in [0.25, 0.3) is 12.0 Å². The summed E-state index contributed by atoms with van der Waals surface area (Å²) in [6, 6.07) is 8.10. The molecule has 0 bridgehead atoms. The van der Waals surface area contributed by atoms with E-state index in [-0.39, 0.29) is 29.1 Å². The van der Waals surface area contributed by atoms with E-state index in [1.165, 1.54) is 0 Å². The highest BCUT2D eigenvalue weighted by atomic mass is 19.3. The van der Waals surface area contributed by atoms with Crippen molar-refractivity contribution in [3.8, 4) is 0 Å². The number of pyridine rings is 2. The van der Waals surface area contributed by atoms with Crippen molar-refractivity contribution in [3.63, 3.8) is 0 Å². The minimum atomic E-state index is -2.59. The van der Waals surface area contributed by atoms with Crippen LogP contribution in [0.3, 0.4) is 0 Å². The van der Waals surface area contributed by atoms with Crippen molar-refractivity contribution in [2.45, 2.75) is 84.7 Å². The number of nitrogens with zero attached hydrogens (tertiary/aromatic N) is 4. The second-order valence-electron chi connectivity index (χ2n) is 11.9. The van der Waals surface area contributed by atoms with Crippen molar-refractivity contribution in [1.82, 2.24) is 14.9 Å². The van der Waals surface area contributed by atoms with Crippen molar-refractivity contribution >= 4 is 28.1 Å². The van der Waals surface area contributed by atoms with Crippen molar-refractivity contribution < 1.29 is 13.5 Å². The summed E-state index contributed by atoms with van der Waals surface area (Å²) in [4.78, 5) is 22.4. The van der Waals surface area contributed by atoms with Crippen LogP contribution < -0.4 is 20.7 Å². The molecule has 42 heavy (non-hydrogen) atoms. The summed E-state index contributed by atoms with van der Waals surface area (Å²) in [5.41, 5.74) is 4.94. The molecule has 0 spiro atoms. The van der Waals surface area contributed by atoms with E-state index in [0.29, 0.717) is 44.1 Å². The maximum atomic E-state index is 14.7. The van der Waals surface area contributed by atoms with Gasteiger partial charge >= 0.3 is 0 Å². The van der Waals surface area contributed by atoms with Crippen LogP contribution in [0.15, 0.2) is 29.1 Å². The Labute approximate surface area is 247 Å². The number of fused-ring (bicyclic) bond motifs is 2. The Balaban J connectivity index is 0.00000173. The first-order chi connectivity index (χ1) is 20.2. The van der Waals surface area contributed by atoms with Gasteiger partial charge in [-0.05, 0) is 76.3 Å². The summed E-state index contributed by atoms with van der Waals surface area (Å²) in [6.07, 6.45) is 0.869. The molecule has 2 unspecified atom stereocenters. The maximum Gasteiger partial charge on any atom is 0.265 e. The van der Waals surface area contributed by atoms with Crippen LogP contribution >= 0.6 is 0 Å². The van der Waals surface area contributed by atoms with Crippen molar-refractivity contribution in [1.29, 1.82) is 0 Å². The lowest BCUT2D eigenvalue weighted by Gasteiger charge is -2.40. The molecule has 2 saturated heterocycles. The number of rotatable bonds is 4. The Kier molecular flexibility index (Phi) is 9.18. The number of nitrogens with one attached hydrogen (secondary N) is 1. The number of hydrogen-bond donors (Lipinski definition) is 1. The summed E-state index contributed by atoms with van der Waals surface area (Å²) in [5.74, 6) is 0.976. The first-order valence-electron chi connectivity index (χ1n) is 15.5. The molecule has 1 N–H and O–H groups in total. The van der Waals surface area contributed by atoms with Crippen LogP contribution in [0, 0.1) is 6.92 Å². The number of halogens is 2. The molecular formula is C33H45F2N5O2. The maximum absolute atomic E-state index is 14.7. The van der Waals surface area contributed by atoms with Crippen LogP contribution in [0.5, 0.6) is 0 Å². The Hall–Kier alpha value is -3.04. The molecule has 0 saturated carbocycles. The van der Waals surface area contributed by atoms with Crippen LogP contribution in [0.2, 0.25) is 0 Å². The Morgan fingerprint density at radius 1 is 1.02 bits per heavy atom. The van der Waals surface area contributed by atoms with E-state index in [1.807, 2.05) is 39.0 Å². The van der Waals surface area contributed by atoms with Gasteiger partial charge in [0.1, 0.15) is 5.82 Å². The molecule has 3 aliphatic rings. The van der Waals surface area contributed by atoms with Gasteiger partial charge in [-0.1, -0.05) is 13.8 Å². The number of hydrogen-bond acceptors (Lipinski definition) is 6. The molecule has 1 aromatic carbocycles. The molecular weight excluding hydrogens is 536 g/mol. The number of anilines is 3. The van der Waals surface area contributed by atoms with Crippen LogP contribution in [0.1, 0.15) is 81.7 Å². The quantitative estimate of drug-likeness (QED) is 0.386. The summed E-state index contributed by atoms with van der Waals surface area (Å²) in [5, 5.41) is 4.37. The highest BCUT2D eigenvalue weighted by Gasteiger charge is 2.31. The summed E-state index contributed by atoms with van der Waals surface area (Å²) < 4.78 is 36.6.